The first-order valence-electron chi connectivity index (χ1n) is 6.33. The molecule has 0 spiro atoms. The third-order valence-corrected chi connectivity index (χ3v) is 3.07. The summed E-state index contributed by atoms with van der Waals surface area (Å²) in [6.45, 7) is 2.21. The van der Waals surface area contributed by atoms with Gasteiger partial charge in [-0.3, -0.25) is 4.79 Å². The molecule has 0 aliphatic rings. The molecule has 2 aromatic rings. The topological polar surface area (TPSA) is 46.3 Å². The zero-order chi connectivity index (χ0) is 14.7. The van der Waals surface area contributed by atoms with Gasteiger partial charge in [0.15, 0.2) is 0 Å². The van der Waals surface area contributed by atoms with Crippen molar-refractivity contribution < 1.29 is 9.18 Å². The first-order valence-corrected chi connectivity index (χ1v) is 6.33. The molecular weight excluding hydrogens is 255 g/mol. The van der Waals surface area contributed by atoms with Crippen molar-refractivity contribution in [3.05, 3.63) is 65.0 Å². The van der Waals surface area contributed by atoms with Crippen LogP contribution < -0.4 is 5.73 Å². The minimum atomic E-state index is -0.500. The SMILES string of the molecule is Cc1ccc(F)c(C(=O)N(C)Cc2cccc(N)c2)c1. The van der Waals surface area contributed by atoms with E-state index >= 15 is 0 Å². The van der Waals surface area contributed by atoms with Crippen molar-refractivity contribution in [1.29, 1.82) is 0 Å². The summed E-state index contributed by atoms with van der Waals surface area (Å²) >= 11 is 0. The Balaban J connectivity index is 2.18. The summed E-state index contributed by atoms with van der Waals surface area (Å²) in [5.74, 6) is -0.839. The lowest BCUT2D eigenvalue weighted by atomic mass is 10.1. The van der Waals surface area contributed by atoms with Gasteiger partial charge < -0.3 is 10.6 Å². The van der Waals surface area contributed by atoms with Crippen LogP contribution in [-0.4, -0.2) is 17.9 Å². The second-order valence-corrected chi connectivity index (χ2v) is 4.89. The number of carbonyl (C=O) groups excluding carboxylic acids is 1. The first-order chi connectivity index (χ1) is 9.47. The fourth-order valence-corrected chi connectivity index (χ4v) is 2.05. The Morgan fingerprint density at radius 1 is 1.25 bits per heavy atom. The second-order valence-electron chi connectivity index (χ2n) is 4.89. The van der Waals surface area contributed by atoms with E-state index in [9.17, 15) is 9.18 Å². The van der Waals surface area contributed by atoms with Crippen molar-refractivity contribution >= 4 is 11.6 Å². The van der Waals surface area contributed by atoms with Gasteiger partial charge in [-0.1, -0.05) is 23.8 Å². The molecule has 0 aliphatic carbocycles. The highest BCUT2D eigenvalue weighted by atomic mass is 19.1. The number of carbonyl (C=O) groups is 1. The largest absolute Gasteiger partial charge is 0.399 e. The van der Waals surface area contributed by atoms with Crippen molar-refractivity contribution in [2.24, 2.45) is 0 Å². The van der Waals surface area contributed by atoms with E-state index in [1.165, 1.54) is 11.0 Å². The molecule has 0 aliphatic heterocycles. The van der Waals surface area contributed by atoms with Gasteiger partial charge in [0.1, 0.15) is 5.82 Å². The maximum absolute atomic E-state index is 13.7. The van der Waals surface area contributed by atoms with Crippen LogP contribution in [0.15, 0.2) is 42.5 Å². The van der Waals surface area contributed by atoms with Crippen molar-refractivity contribution in [2.75, 3.05) is 12.8 Å². The van der Waals surface area contributed by atoms with Crippen molar-refractivity contribution in [2.45, 2.75) is 13.5 Å². The third kappa shape index (κ3) is 3.15. The van der Waals surface area contributed by atoms with Crippen molar-refractivity contribution in [3.8, 4) is 0 Å². The van der Waals surface area contributed by atoms with Gasteiger partial charge in [-0.05, 0) is 36.8 Å². The Morgan fingerprint density at radius 2 is 2.00 bits per heavy atom. The number of hydrogen-bond acceptors (Lipinski definition) is 2. The van der Waals surface area contributed by atoms with E-state index in [-0.39, 0.29) is 11.5 Å². The summed E-state index contributed by atoms with van der Waals surface area (Å²) in [5.41, 5.74) is 8.20. The normalized spacial score (nSPS) is 10.3. The van der Waals surface area contributed by atoms with Gasteiger partial charge in [-0.15, -0.1) is 0 Å². The first kappa shape index (κ1) is 14.1. The molecule has 0 aromatic heterocycles. The molecule has 0 unspecified atom stereocenters. The van der Waals surface area contributed by atoms with Crippen LogP contribution in [0, 0.1) is 12.7 Å². The molecule has 0 saturated carbocycles. The minimum absolute atomic E-state index is 0.0939. The quantitative estimate of drug-likeness (QED) is 0.873. The monoisotopic (exact) mass is 272 g/mol. The van der Waals surface area contributed by atoms with E-state index in [1.807, 2.05) is 19.1 Å². The summed E-state index contributed by atoms with van der Waals surface area (Å²) in [7, 11) is 1.65. The second kappa shape index (κ2) is 5.74. The number of benzene rings is 2. The van der Waals surface area contributed by atoms with Gasteiger partial charge in [-0.25, -0.2) is 4.39 Å². The maximum Gasteiger partial charge on any atom is 0.256 e. The molecule has 1 amide bonds. The average molecular weight is 272 g/mol. The molecule has 2 aromatic carbocycles. The zero-order valence-corrected chi connectivity index (χ0v) is 11.6. The summed E-state index contributed by atoms with van der Waals surface area (Å²) in [6, 6.07) is 11.8. The van der Waals surface area contributed by atoms with Crippen LogP contribution in [0.2, 0.25) is 0 Å². The van der Waals surface area contributed by atoms with Gasteiger partial charge >= 0.3 is 0 Å². The third-order valence-electron chi connectivity index (χ3n) is 3.07. The molecule has 3 nitrogen and oxygen atoms in total. The number of rotatable bonds is 3. The van der Waals surface area contributed by atoms with Gasteiger partial charge in [0.2, 0.25) is 0 Å². The van der Waals surface area contributed by atoms with Crippen LogP contribution in [0.4, 0.5) is 10.1 Å². The smallest absolute Gasteiger partial charge is 0.256 e. The Bertz CT molecular complexity index is 640. The lowest BCUT2D eigenvalue weighted by Gasteiger charge is -2.18. The zero-order valence-electron chi connectivity index (χ0n) is 11.6. The molecule has 0 saturated heterocycles. The molecule has 4 heteroatoms. The highest BCUT2D eigenvalue weighted by Crippen LogP contribution is 2.15. The summed E-state index contributed by atoms with van der Waals surface area (Å²) < 4.78 is 13.7. The minimum Gasteiger partial charge on any atom is -0.399 e. The van der Waals surface area contributed by atoms with E-state index in [4.69, 9.17) is 5.73 Å². The average Bonchev–Trinajstić information content (AvgIpc) is 2.40. The molecule has 0 bridgehead atoms. The standard InChI is InChI=1S/C16H17FN2O/c1-11-6-7-15(17)14(8-11)16(20)19(2)10-12-4-3-5-13(18)9-12/h3-9H,10,18H2,1-2H3. The van der Waals surface area contributed by atoms with Crippen molar-refractivity contribution in [1.82, 2.24) is 4.90 Å². The molecule has 0 heterocycles. The van der Waals surface area contributed by atoms with E-state index in [2.05, 4.69) is 0 Å². The number of nitrogens with two attached hydrogens (primary N) is 1. The number of anilines is 1. The van der Waals surface area contributed by atoms with Crippen LogP contribution in [0.25, 0.3) is 0 Å². The molecular formula is C16H17FN2O. The number of amides is 1. The highest BCUT2D eigenvalue weighted by molar-refractivity contribution is 5.94. The Hall–Kier alpha value is -2.36. The molecule has 2 N–H and O–H groups in total. The number of aryl methyl sites for hydroxylation is 1. The maximum atomic E-state index is 13.7. The van der Waals surface area contributed by atoms with E-state index in [1.54, 1.807) is 31.3 Å². The van der Waals surface area contributed by atoms with Crippen LogP contribution in [0.5, 0.6) is 0 Å². The Labute approximate surface area is 117 Å². The van der Waals surface area contributed by atoms with E-state index in [0.29, 0.717) is 12.2 Å². The lowest BCUT2D eigenvalue weighted by Crippen LogP contribution is -2.27. The molecule has 0 fully saturated rings. The number of nitrogens with zero attached hydrogens (tertiary/aromatic N) is 1. The van der Waals surface area contributed by atoms with Crippen LogP contribution in [-0.2, 0) is 6.54 Å². The fourth-order valence-electron chi connectivity index (χ4n) is 2.05. The van der Waals surface area contributed by atoms with Gasteiger partial charge in [0.25, 0.3) is 5.91 Å². The highest BCUT2D eigenvalue weighted by Gasteiger charge is 2.16. The number of nitrogen functional groups attached to an aromatic ring is 1. The van der Waals surface area contributed by atoms with Gasteiger partial charge in [0.05, 0.1) is 5.56 Å². The van der Waals surface area contributed by atoms with E-state index in [0.717, 1.165) is 11.1 Å². The molecule has 20 heavy (non-hydrogen) atoms. The summed E-state index contributed by atoms with van der Waals surface area (Å²) in [6.07, 6.45) is 0. The predicted octanol–water partition coefficient (Wildman–Crippen LogP) is 2.99. The summed E-state index contributed by atoms with van der Waals surface area (Å²) in [5, 5.41) is 0. The molecule has 0 radical (unpaired) electrons. The van der Waals surface area contributed by atoms with E-state index < -0.39 is 5.82 Å². The molecule has 2 rings (SSSR count). The predicted molar refractivity (Wildman–Crippen MR) is 77.8 cm³/mol. The van der Waals surface area contributed by atoms with Crippen LogP contribution in [0.3, 0.4) is 0 Å². The Kier molecular flexibility index (Phi) is 4.03. The van der Waals surface area contributed by atoms with Crippen LogP contribution >= 0.6 is 0 Å². The summed E-state index contributed by atoms with van der Waals surface area (Å²) in [4.78, 5) is 13.7. The van der Waals surface area contributed by atoms with Gasteiger partial charge in [0, 0.05) is 19.3 Å². The van der Waals surface area contributed by atoms with Gasteiger partial charge in [-0.2, -0.15) is 0 Å². The molecule has 104 valence electrons. The van der Waals surface area contributed by atoms with Crippen molar-refractivity contribution in [3.63, 3.8) is 0 Å². The fraction of sp³-hybridized carbons (Fsp3) is 0.188. The van der Waals surface area contributed by atoms with Crippen LogP contribution in [0.1, 0.15) is 21.5 Å². The number of hydrogen-bond donors (Lipinski definition) is 1. The number of halogens is 1. The lowest BCUT2D eigenvalue weighted by molar-refractivity contribution is 0.0780. The Morgan fingerprint density at radius 3 is 2.70 bits per heavy atom. The molecule has 0 atom stereocenters.